The van der Waals surface area contributed by atoms with E-state index in [0.29, 0.717) is 5.41 Å². The van der Waals surface area contributed by atoms with Crippen molar-refractivity contribution in [3.63, 3.8) is 0 Å². The average Bonchev–Trinajstić information content (AvgIpc) is 2.72. The van der Waals surface area contributed by atoms with Crippen LogP contribution in [0.5, 0.6) is 0 Å². The van der Waals surface area contributed by atoms with Gasteiger partial charge in [0.25, 0.3) is 0 Å². The van der Waals surface area contributed by atoms with Crippen LogP contribution < -0.4 is 10.6 Å². The summed E-state index contributed by atoms with van der Waals surface area (Å²) >= 11 is 0. The SMILES string of the molecule is CC[C@H](N)c1ccc(N2CCCC(C(C)(C)C)CC2)cc1. The lowest BCUT2D eigenvalue weighted by Crippen LogP contribution is -2.26. The molecule has 1 aromatic rings. The minimum atomic E-state index is 0.174. The van der Waals surface area contributed by atoms with E-state index in [9.17, 15) is 0 Å². The molecule has 0 saturated carbocycles. The van der Waals surface area contributed by atoms with E-state index in [1.165, 1.54) is 43.6 Å². The molecule has 0 amide bonds. The van der Waals surface area contributed by atoms with Crippen LogP contribution in [0.3, 0.4) is 0 Å². The van der Waals surface area contributed by atoms with Crippen LogP contribution in [0, 0.1) is 11.3 Å². The predicted molar refractivity (Wildman–Crippen MR) is 92.7 cm³/mol. The van der Waals surface area contributed by atoms with Gasteiger partial charge < -0.3 is 10.6 Å². The first-order valence-electron chi connectivity index (χ1n) is 8.52. The van der Waals surface area contributed by atoms with Crippen LogP contribution in [0.1, 0.15) is 65.0 Å². The van der Waals surface area contributed by atoms with Gasteiger partial charge in [0.05, 0.1) is 0 Å². The van der Waals surface area contributed by atoms with Gasteiger partial charge in [-0.15, -0.1) is 0 Å². The molecule has 1 heterocycles. The fourth-order valence-electron chi connectivity index (χ4n) is 3.39. The summed E-state index contributed by atoms with van der Waals surface area (Å²) in [5, 5.41) is 0. The highest BCUT2D eigenvalue weighted by molar-refractivity contribution is 5.48. The molecule has 1 unspecified atom stereocenters. The zero-order valence-electron chi connectivity index (χ0n) is 14.2. The maximum Gasteiger partial charge on any atom is 0.0366 e. The molecule has 2 heteroatoms. The van der Waals surface area contributed by atoms with Gasteiger partial charge in [0.1, 0.15) is 0 Å². The summed E-state index contributed by atoms with van der Waals surface area (Å²) < 4.78 is 0. The van der Waals surface area contributed by atoms with E-state index in [-0.39, 0.29) is 6.04 Å². The quantitative estimate of drug-likeness (QED) is 0.869. The zero-order chi connectivity index (χ0) is 15.5. The van der Waals surface area contributed by atoms with Crippen LogP contribution in [-0.2, 0) is 0 Å². The van der Waals surface area contributed by atoms with Gasteiger partial charge in [-0.3, -0.25) is 0 Å². The fraction of sp³-hybridized carbons (Fsp3) is 0.684. The Kier molecular flexibility index (Phi) is 5.32. The minimum Gasteiger partial charge on any atom is -0.372 e. The van der Waals surface area contributed by atoms with Gasteiger partial charge in [-0.2, -0.15) is 0 Å². The topological polar surface area (TPSA) is 29.3 Å². The van der Waals surface area contributed by atoms with E-state index in [1.54, 1.807) is 0 Å². The molecule has 1 fully saturated rings. The number of nitrogens with two attached hydrogens (primary N) is 1. The number of rotatable bonds is 3. The van der Waals surface area contributed by atoms with E-state index in [4.69, 9.17) is 5.73 Å². The van der Waals surface area contributed by atoms with Crippen LogP contribution in [0.4, 0.5) is 5.69 Å². The monoisotopic (exact) mass is 288 g/mol. The molecule has 0 radical (unpaired) electrons. The molecule has 0 aliphatic carbocycles. The number of nitrogens with zero attached hydrogens (tertiary/aromatic N) is 1. The fourth-order valence-corrected chi connectivity index (χ4v) is 3.39. The zero-order valence-corrected chi connectivity index (χ0v) is 14.2. The molecular formula is C19H32N2. The van der Waals surface area contributed by atoms with Crippen LogP contribution in [0.25, 0.3) is 0 Å². The Bertz CT molecular complexity index is 430. The molecule has 1 aromatic carbocycles. The number of hydrogen-bond donors (Lipinski definition) is 1. The van der Waals surface area contributed by atoms with E-state index in [2.05, 4.69) is 56.9 Å². The Labute approximate surface area is 130 Å². The smallest absolute Gasteiger partial charge is 0.0366 e. The molecule has 0 aromatic heterocycles. The Hall–Kier alpha value is -1.02. The molecule has 0 spiro atoms. The number of benzene rings is 1. The van der Waals surface area contributed by atoms with Crippen LogP contribution in [-0.4, -0.2) is 13.1 Å². The Morgan fingerprint density at radius 2 is 1.81 bits per heavy atom. The van der Waals surface area contributed by atoms with Gasteiger partial charge in [0.2, 0.25) is 0 Å². The maximum atomic E-state index is 6.10. The highest BCUT2D eigenvalue weighted by atomic mass is 15.1. The lowest BCUT2D eigenvalue weighted by atomic mass is 9.77. The third-order valence-electron chi connectivity index (χ3n) is 5.08. The minimum absolute atomic E-state index is 0.174. The summed E-state index contributed by atoms with van der Waals surface area (Å²) in [7, 11) is 0. The van der Waals surface area contributed by atoms with Gasteiger partial charge in [0, 0.05) is 24.8 Å². The van der Waals surface area contributed by atoms with Gasteiger partial charge in [-0.05, 0) is 54.7 Å². The van der Waals surface area contributed by atoms with Gasteiger partial charge in [-0.25, -0.2) is 0 Å². The largest absolute Gasteiger partial charge is 0.372 e. The van der Waals surface area contributed by atoms with Gasteiger partial charge in [-0.1, -0.05) is 39.8 Å². The second-order valence-corrected chi connectivity index (χ2v) is 7.59. The first-order chi connectivity index (χ1) is 9.91. The Balaban J connectivity index is 2.02. The number of hydrogen-bond acceptors (Lipinski definition) is 2. The Morgan fingerprint density at radius 3 is 2.38 bits per heavy atom. The van der Waals surface area contributed by atoms with E-state index in [1.807, 2.05) is 0 Å². The summed E-state index contributed by atoms with van der Waals surface area (Å²) in [4.78, 5) is 2.55. The van der Waals surface area contributed by atoms with E-state index in [0.717, 1.165) is 12.3 Å². The third kappa shape index (κ3) is 4.23. The molecule has 2 N–H and O–H groups in total. The molecule has 1 saturated heterocycles. The van der Waals surface area contributed by atoms with Crippen molar-refractivity contribution >= 4 is 5.69 Å². The molecule has 1 aliphatic heterocycles. The van der Waals surface area contributed by atoms with Crippen molar-refractivity contribution < 1.29 is 0 Å². The maximum absolute atomic E-state index is 6.10. The first kappa shape index (κ1) is 16.4. The normalized spacial score (nSPS) is 22.0. The van der Waals surface area contributed by atoms with Crippen molar-refractivity contribution in [2.45, 2.75) is 59.4 Å². The molecule has 0 bridgehead atoms. The molecule has 2 rings (SSSR count). The summed E-state index contributed by atoms with van der Waals surface area (Å²) in [6.07, 6.45) is 4.97. The lowest BCUT2D eigenvalue weighted by Gasteiger charge is -2.30. The van der Waals surface area contributed by atoms with Crippen molar-refractivity contribution in [1.82, 2.24) is 0 Å². The summed E-state index contributed by atoms with van der Waals surface area (Å²) in [5.74, 6) is 0.843. The second-order valence-electron chi connectivity index (χ2n) is 7.59. The van der Waals surface area contributed by atoms with Crippen LogP contribution in [0.15, 0.2) is 24.3 Å². The molecule has 2 nitrogen and oxygen atoms in total. The number of anilines is 1. The average molecular weight is 288 g/mol. The second kappa shape index (κ2) is 6.83. The molecule has 2 atom stereocenters. The lowest BCUT2D eigenvalue weighted by molar-refractivity contribution is 0.220. The highest BCUT2D eigenvalue weighted by Gasteiger charge is 2.27. The standard InChI is InChI=1S/C19H32N2/c1-5-18(20)15-8-10-17(11-9-15)21-13-6-7-16(12-14-21)19(2,3)4/h8-11,16,18H,5-7,12-14,20H2,1-4H3/t16?,18-/m0/s1. The summed E-state index contributed by atoms with van der Waals surface area (Å²) in [6.45, 7) is 11.7. The van der Waals surface area contributed by atoms with Crippen LogP contribution in [0.2, 0.25) is 0 Å². The van der Waals surface area contributed by atoms with Gasteiger partial charge >= 0.3 is 0 Å². The molecule has 21 heavy (non-hydrogen) atoms. The van der Waals surface area contributed by atoms with Crippen molar-refractivity contribution in [2.75, 3.05) is 18.0 Å². The first-order valence-corrected chi connectivity index (χ1v) is 8.52. The van der Waals surface area contributed by atoms with Crippen LogP contribution >= 0.6 is 0 Å². The van der Waals surface area contributed by atoms with E-state index >= 15 is 0 Å². The molecular weight excluding hydrogens is 256 g/mol. The van der Waals surface area contributed by atoms with Crippen molar-refractivity contribution in [2.24, 2.45) is 17.1 Å². The molecule has 1 aliphatic rings. The van der Waals surface area contributed by atoms with Crippen molar-refractivity contribution in [3.8, 4) is 0 Å². The molecule has 118 valence electrons. The van der Waals surface area contributed by atoms with Gasteiger partial charge in [0.15, 0.2) is 0 Å². The third-order valence-corrected chi connectivity index (χ3v) is 5.08. The van der Waals surface area contributed by atoms with Crippen molar-refractivity contribution in [1.29, 1.82) is 0 Å². The predicted octanol–water partition coefficient (Wildman–Crippen LogP) is 4.75. The summed E-state index contributed by atoms with van der Waals surface area (Å²) in [5.41, 5.74) is 9.15. The van der Waals surface area contributed by atoms with Crippen molar-refractivity contribution in [3.05, 3.63) is 29.8 Å². The Morgan fingerprint density at radius 1 is 1.14 bits per heavy atom. The highest BCUT2D eigenvalue weighted by Crippen LogP contribution is 2.35. The van der Waals surface area contributed by atoms with E-state index < -0.39 is 0 Å². The summed E-state index contributed by atoms with van der Waals surface area (Å²) in [6, 6.07) is 9.09.